The van der Waals surface area contributed by atoms with Crippen LogP contribution in [0.4, 0.5) is 0 Å². The summed E-state index contributed by atoms with van der Waals surface area (Å²) < 4.78 is 11.7. The van der Waals surface area contributed by atoms with Crippen molar-refractivity contribution < 1.29 is 9.26 Å². The number of benzene rings is 2. The summed E-state index contributed by atoms with van der Waals surface area (Å²) in [7, 11) is 1.59. The van der Waals surface area contributed by atoms with Crippen molar-refractivity contribution in [2.75, 3.05) is 7.11 Å². The summed E-state index contributed by atoms with van der Waals surface area (Å²) in [6.07, 6.45) is 0. The van der Waals surface area contributed by atoms with E-state index < -0.39 is 11.5 Å². The van der Waals surface area contributed by atoms with Crippen LogP contribution in [0.25, 0.3) is 5.69 Å². The zero-order valence-electron chi connectivity index (χ0n) is 16.4. The molecule has 148 valence electrons. The summed E-state index contributed by atoms with van der Waals surface area (Å²) in [5, 5.41) is 5.77. The Labute approximate surface area is 166 Å². The van der Waals surface area contributed by atoms with Crippen LogP contribution in [0.2, 0.25) is 0 Å². The predicted molar refractivity (Wildman–Crippen MR) is 109 cm³/mol. The third-order valence-corrected chi connectivity index (χ3v) is 5.08. The van der Waals surface area contributed by atoms with Crippen LogP contribution in [0, 0.1) is 13.8 Å². The largest absolute Gasteiger partial charge is 0.497 e. The van der Waals surface area contributed by atoms with Gasteiger partial charge >= 0.3 is 5.63 Å². The number of nitrogens with one attached hydrogen (secondary N) is 2. The number of methoxy groups -OCH3 is 1. The van der Waals surface area contributed by atoms with Gasteiger partial charge < -0.3 is 9.26 Å². The third-order valence-electron chi connectivity index (χ3n) is 5.08. The van der Waals surface area contributed by atoms with Gasteiger partial charge in [-0.1, -0.05) is 30.3 Å². The van der Waals surface area contributed by atoms with E-state index in [1.54, 1.807) is 14.0 Å². The van der Waals surface area contributed by atoms with Crippen molar-refractivity contribution >= 4 is 0 Å². The minimum absolute atomic E-state index is 0.213. The molecule has 0 amide bonds. The van der Waals surface area contributed by atoms with Gasteiger partial charge in [-0.3, -0.25) is 9.89 Å². The molecule has 29 heavy (non-hydrogen) atoms. The molecule has 0 saturated carbocycles. The van der Waals surface area contributed by atoms with Gasteiger partial charge in [-0.05, 0) is 43.7 Å². The molecule has 2 N–H and O–H groups in total. The van der Waals surface area contributed by atoms with E-state index in [4.69, 9.17) is 9.26 Å². The van der Waals surface area contributed by atoms with E-state index in [-0.39, 0.29) is 5.56 Å². The third kappa shape index (κ3) is 3.20. The highest BCUT2D eigenvalue weighted by Crippen LogP contribution is 2.32. The molecular formula is C22H21N3O4. The van der Waals surface area contributed by atoms with Crippen molar-refractivity contribution in [3.05, 3.63) is 103 Å². The summed E-state index contributed by atoms with van der Waals surface area (Å²) in [6, 6.07) is 16.6. The molecule has 0 radical (unpaired) electrons. The van der Waals surface area contributed by atoms with Crippen molar-refractivity contribution in [3.63, 3.8) is 0 Å². The first-order chi connectivity index (χ1) is 14.0. The van der Waals surface area contributed by atoms with Gasteiger partial charge in [0.1, 0.15) is 5.75 Å². The second-order valence-electron chi connectivity index (χ2n) is 6.86. The summed E-state index contributed by atoms with van der Waals surface area (Å²) in [5.74, 6) is 0.106. The van der Waals surface area contributed by atoms with E-state index in [2.05, 4.69) is 10.3 Å². The fraction of sp³-hybridized carbons (Fsp3) is 0.182. The van der Waals surface area contributed by atoms with Crippen LogP contribution in [0.1, 0.15) is 34.0 Å². The minimum Gasteiger partial charge on any atom is -0.497 e. The fourth-order valence-corrected chi connectivity index (χ4v) is 3.65. The van der Waals surface area contributed by atoms with Crippen LogP contribution in [-0.4, -0.2) is 22.0 Å². The Balaban J connectivity index is 1.96. The predicted octanol–water partition coefficient (Wildman–Crippen LogP) is 3.25. The quantitative estimate of drug-likeness (QED) is 0.546. The Hall–Kier alpha value is -3.74. The monoisotopic (exact) mass is 391 g/mol. The van der Waals surface area contributed by atoms with Crippen molar-refractivity contribution in [2.24, 2.45) is 0 Å². The number of aromatic nitrogens is 3. The topological polar surface area (TPSA) is 93.0 Å². The highest BCUT2D eigenvalue weighted by atomic mass is 16.5. The average Bonchev–Trinajstić information content (AvgIpc) is 3.23. The number of hydrogen-bond donors (Lipinski definition) is 2. The molecule has 0 aliphatic rings. The maximum atomic E-state index is 13.4. The van der Waals surface area contributed by atoms with Crippen molar-refractivity contribution in [2.45, 2.75) is 19.8 Å². The lowest BCUT2D eigenvalue weighted by atomic mass is 9.85. The van der Waals surface area contributed by atoms with Gasteiger partial charge in [0.15, 0.2) is 0 Å². The van der Waals surface area contributed by atoms with E-state index in [9.17, 15) is 9.59 Å². The Morgan fingerprint density at radius 2 is 1.62 bits per heavy atom. The van der Waals surface area contributed by atoms with Gasteiger partial charge in [-0.15, -0.1) is 0 Å². The zero-order valence-corrected chi connectivity index (χ0v) is 16.4. The van der Waals surface area contributed by atoms with Gasteiger partial charge in [0.25, 0.3) is 5.56 Å². The van der Waals surface area contributed by atoms with Crippen LogP contribution in [-0.2, 0) is 0 Å². The number of aromatic amines is 2. The summed E-state index contributed by atoms with van der Waals surface area (Å²) >= 11 is 0. The summed E-state index contributed by atoms with van der Waals surface area (Å²) in [6.45, 7) is 3.59. The molecule has 7 nitrogen and oxygen atoms in total. The van der Waals surface area contributed by atoms with Crippen molar-refractivity contribution in [3.8, 4) is 11.4 Å². The lowest BCUT2D eigenvalue weighted by Gasteiger charge is -2.15. The van der Waals surface area contributed by atoms with E-state index in [1.807, 2.05) is 61.5 Å². The molecule has 1 atom stereocenters. The highest BCUT2D eigenvalue weighted by molar-refractivity contribution is 5.46. The first-order valence-electron chi connectivity index (χ1n) is 9.20. The normalized spacial score (nSPS) is 12.1. The van der Waals surface area contributed by atoms with E-state index in [1.165, 1.54) is 4.68 Å². The van der Waals surface area contributed by atoms with Gasteiger partial charge in [0.05, 0.1) is 35.5 Å². The Morgan fingerprint density at radius 1 is 0.931 bits per heavy atom. The van der Waals surface area contributed by atoms with Crippen LogP contribution >= 0.6 is 0 Å². The van der Waals surface area contributed by atoms with Crippen molar-refractivity contribution in [1.82, 2.24) is 14.9 Å². The second-order valence-corrected chi connectivity index (χ2v) is 6.86. The molecular weight excluding hydrogens is 370 g/mol. The summed E-state index contributed by atoms with van der Waals surface area (Å²) in [4.78, 5) is 25.9. The molecule has 0 fully saturated rings. The Kier molecular flexibility index (Phi) is 4.72. The smallest absolute Gasteiger partial charge is 0.361 e. The molecule has 0 aliphatic carbocycles. The Morgan fingerprint density at radius 3 is 2.21 bits per heavy atom. The summed E-state index contributed by atoms with van der Waals surface area (Å²) in [5.41, 5.74) is 2.98. The lowest BCUT2D eigenvalue weighted by Crippen LogP contribution is -2.23. The molecule has 0 bridgehead atoms. The van der Waals surface area contributed by atoms with Gasteiger partial charge in [0, 0.05) is 5.69 Å². The fourth-order valence-electron chi connectivity index (χ4n) is 3.65. The van der Waals surface area contributed by atoms with E-state index >= 15 is 0 Å². The molecule has 2 aromatic heterocycles. The lowest BCUT2D eigenvalue weighted by molar-refractivity contribution is 0.386. The number of ether oxygens (including phenoxy) is 1. The second kappa shape index (κ2) is 7.35. The average molecular weight is 391 g/mol. The zero-order chi connectivity index (χ0) is 20.5. The molecule has 0 saturated heterocycles. The van der Waals surface area contributed by atoms with Gasteiger partial charge in [0.2, 0.25) is 0 Å². The number of hydrogen-bond acceptors (Lipinski definition) is 4. The molecule has 1 unspecified atom stereocenters. The standard InChI is InChI=1S/C22H21N3O4/c1-13-18(21(26)25(23-13)16-7-5-4-6-8-16)20(19-14(2)24-29-22(19)27)15-9-11-17(28-3)12-10-15/h4-12,20,23-24H,1-3H3. The maximum Gasteiger partial charge on any atom is 0.361 e. The van der Waals surface area contributed by atoms with Crippen LogP contribution in [0.3, 0.4) is 0 Å². The number of aryl methyl sites for hydroxylation is 2. The molecule has 2 heterocycles. The van der Waals surface area contributed by atoms with E-state index in [0.717, 1.165) is 11.3 Å². The van der Waals surface area contributed by atoms with Crippen LogP contribution in [0.15, 0.2) is 68.7 Å². The maximum absolute atomic E-state index is 13.4. The molecule has 7 heteroatoms. The minimum atomic E-state index is -0.586. The number of para-hydroxylation sites is 1. The first-order valence-corrected chi connectivity index (χ1v) is 9.20. The SMILES string of the molecule is COc1ccc(C(c2c(C)[nH]oc2=O)c2c(C)[nH]n(-c3ccccc3)c2=O)cc1. The van der Waals surface area contributed by atoms with Crippen LogP contribution in [0.5, 0.6) is 5.75 Å². The van der Waals surface area contributed by atoms with Gasteiger partial charge in [-0.25, -0.2) is 14.6 Å². The van der Waals surface area contributed by atoms with E-state index in [0.29, 0.717) is 28.3 Å². The Bertz CT molecular complexity index is 1240. The molecule has 4 aromatic rings. The molecule has 4 rings (SSSR count). The van der Waals surface area contributed by atoms with Gasteiger partial charge in [-0.2, -0.15) is 0 Å². The molecule has 0 spiro atoms. The number of H-pyrrole nitrogens is 2. The van der Waals surface area contributed by atoms with Crippen molar-refractivity contribution in [1.29, 1.82) is 0 Å². The molecule has 0 aliphatic heterocycles. The molecule has 2 aromatic carbocycles. The number of rotatable bonds is 5. The highest BCUT2D eigenvalue weighted by Gasteiger charge is 2.30. The first kappa shape index (κ1) is 18.6. The van der Waals surface area contributed by atoms with Crippen LogP contribution < -0.4 is 15.9 Å². The number of nitrogens with zero attached hydrogens (tertiary/aromatic N) is 1.